The van der Waals surface area contributed by atoms with Crippen LogP contribution in [-0.4, -0.2) is 38.4 Å². The summed E-state index contributed by atoms with van der Waals surface area (Å²) >= 11 is 5.98. The van der Waals surface area contributed by atoms with Crippen LogP contribution in [0.4, 0.5) is 5.82 Å². The monoisotopic (exact) mass is 392 g/mol. The largest absolute Gasteiger partial charge is 0.480 e. The van der Waals surface area contributed by atoms with Crippen molar-refractivity contribution < 1.29 is 9.90 Å². The Morgan fingerprint density at radius 1 is 1.19 bits per heavy atom. The van der Waals surface area contributed by atoms with E-state index < -0.39 is 12.0 Å². The van der Waals surface area contributed by atoms with E-state index in [1.807, 2.05) is 23.1 Å². The number of carboxylic acids is 1. The molecule has 1 unspecified atom stereocenters. The first-order valence-corrected chi connectivity index (χ1v) is 8.61. The van der Waals surface area contributed by atoms with E-state index in [1.165, 1.54) is 0 Å². The summed E-state index contributed by atoms with van der Waals surface area (Å²) in [5.74, 6) is -0.109. The topological polar surface area (TPSA) is 71.2 Å². The number of rotatable bonds is 3. The molecular formula is C18H18Cl2N4O2. The van der Waals surface area contributed by atoms with E-state index in [-0.39, 0.29) is 12.4 Å². The van der Waals surface area contributed by atoms with Gasteiger partial charge < -0.3 is 10.0 Å². The van der Waals surface area contributed by atoms with Crippen LogP contribution in [0, 0.1) is 0 Å². The number of pyridine rings is 1. The predicted octanol–water partition coefficient (Wildman–Crippen LogP) is 3.94. The van der Waals surface area contributed by atoms with Gasteiger partial charge in [-0.25, -0.2) is 9.48 Å². The third kappa shape index (κ3) is 3.22. The molecule has 1 aliphatic heterocycles. The Morgan fingerprint density at radius 3 is 2.69 bits per heavy atom. The summed E-state index contributed by atoms with van der Waals surface area (Å²) < 4.78 is 1.79. The second-order valence-corrected chi connectivity index (χ2v) is 6.58. The van der Waals surface area contributed by atoms with Gasteiger partial charge in [0.2, 0.25) is 0 Å². The van der Waals surface area contributed by atoms with Gasteiger partial charge >= 0.3 is 5.97 Å². The molecule has 0 aliphatic carbocycles. The van der Waals surface area contributed by atoms with Crippen molar-refractivity contribution in [2.45, 2.75) is 25.3 Å². The van der Waals surface area contributed by atoms with E-state index in [0.717, 1.165) is 29.4 Å². The lowest BCUT2D eigenvalue weighted by Gasteiger charge is -2.33. The molecule has 0 radical (unpaired) electrons. The van der Waals surface area contributed by atoms with Crippen molar-refractivity contribution in [2.24, 2.45) is 0 Å². The predicted molar refractivity (Wildman–Crippen MR) is 104 cm³/mol. The van der Waals surface area contributed by atoms with Crippen LogP contribution in [0.15, 0.2) is 42.7 Å². The Morgan fingerprint density at radius 2 is 1.96 bits per heavy atom. The van der Waals surface area contributed by atoms with E-state index >= 15 is 0 Å². The highest BCUT2D eigenvalue weighted by Gasteiger charge is 2.31. The number of aromatic nitrogens is 3. The van der Waals surface area contributed by atoms with Crippen molar-refractivity contribution in [3.63, 3.8) is 0 Å². The molecule has 1 aromatic carbocycles. The minimum atomic E-state index is -0.803. The molecule has 1 N–H and O–H groups in total. The molecule has 1 fully saturated rings. The van der Waals surface area contributed by atoms with Crippen LogP contribution < -0.4 is 4.90 Å². The van der Waals surface area contributed by atoms with Crippen molar-refractivity contribution in [1.82, 2.24) is 14.8 Å². The third-order valence-electron chi connectivity index (χ3n) is 4.59. The third-order valence-corrected chi connectivity index (χ3v) is 4.85. The van der Waals surface area contributed by atoms with Gasteiger partial charge in [0, 0.05) is 23.2 Å². The van der Waals surface area contributed by atoms with Gasteiger partial charge in [0.25, 0.3) is 0 Å². The highest BCUT2D eigenvalue weighted by molar-refractivity contribution is 6.30. The highest BCUT2D eigenvalue weighted by Crippen LogP contribution is 2.32. The van der Waals surface area contributed by atoms with E-state index in [1.54, 1.807) is 29.2 Å². The number of carbonyl (C=O) groups is 1. The second kappa shape index (κ2) is 7.51. The minimum absolute atomic E-state index is 0. The molecule has 4 rings (SSSR count). The van der Waals surface area contributed by atoms with Crippen molar-refractivity contribution in [3.05, 3.63) is 47.7 Å². The fourth-order valence-electron chi connectivity index (χ4n) is 3.38. The summed E-state index contributed by atoms with van der Waals surface area (Å²) in [6.45, 7) is 0.687. The summed E-state index contributed by atoms with van der Waals surface area (Å²) in [6.07, 6.45) is 5.98. The van der Waals surface area contributed by atoms with Crippen molar-refractivity contribution >= 4 is 46.7 Å². The number of benzene rings is 1. The zero-order valence-electron chi connectivity index (χ0n) is 13.9. The highest BCUT2D eigenvalue weighted by atomic mass is 35.5. The van der Waals surface area contributed by atoms with E-state index in [4.69, 9.17) is 16.7 Å². The smallest absolute Gasteiger partial charge is 0.326 e. The van der Waals surface area contributed by atoms with Gasteiger partial charge in [-0.1, -0.05) is 11.6 Å². The van der Waals surface area contributed by atoms with Crippen LogP contribution in [-0.2, 0) is 4.79 Å². The lowest BCUT2D eigenvalue weighted by molar-refractivity contribution is -0.139. The molecule has 0 amide bonds. The van der Waals surface area contributed by atoms with Gasteiger partial charge in [0.05, 0.1) is 17.4 Å². The number of fused-ring (bicyclic) bond motifs is 1. The SMILES string of the molecule is Cl.O=C(O)C1CCCCN1c1nn(-c2ccc(Cl)cc2)c2cnccc12. The zero-order chi connectivity index (χ0) is 17.4. The second-order valence-electron chi connectivity index (χ2n) is 6.15. The molecule has 0 bridgehead atoms. The number of aliphatic carboxylic acids is 1. The first-order valence-electron chi connectivity index (χ1n) is 8.23. The number of anilines is 1. The van der Waals surface area contributed by atoms with Crippen molar-refractivity contribution in [1.29, 1.82) is 0 Å². The molecule has 2 aromatic heterocycles. The number of halogens is 2. The van der Waals surface area contributed by atoms with Crippen LogP contribution >= 0.6 is 24.0 Å². The molecule has 3 aromatic rings. The summed E-state index contributed by atoms with van der Waals surface area (Å²) in [4.78, 5) is 17.8. The van der Waals surface area contributed by atoms with Crippen LogP contribution in [0.1, 0.15) is 19.3 Å². The summed E-state index contributed by atoms with van der Waals surface area (Å²) in [7, 11) is 0. The first kappa shape index (κ1) is 18.5. The van der Waals surface area contributed by atoms with E-state index in [9.17, 15) is 9.90 Å². The van der Waals surface area contributed by atoms with Crippen LogP contribution in [0.25, 0.3) is 16.6 Å². The molecule has 136 valence electrons. The average Bonchev–Trinajstić information content (AvgIpc) is 3.02. The molecule has 1 aliphatic rings. The van der Waals surface area contributed by atoms with Gasteiger partial charge in [0.1, 0.15) is 6.04 Å². The minimum Gasteiger partial charge on any atom is -0.480 e. The molecule has 8 heteroatoms. The van der Waals surface area contributed by atoms with Gasteiger partial charge in [-0.2, -0.15) is 0 Å². The van der Waals surface area contributed by atoms with Crippen LogP contribution in [0.5, 0.6) is 0 Å². The summed E-state index contributed by atoms with van der Waals surface area (Å²) in [5, 5.41) is 15.9. The Bertz CT molecular complexity index is 927. The lowest BCUT2D eigenvalue weighted by atomic mass is 10.0. The number of hydrogen-bond donors (Lipinski definition) is 1. The number of nitrogens with zero attached hydrogens (tertiary/aromatic N) is 4. The van der Waals surface area contributed by atoms with E-state index in [2.05, 4.69) is 4.98 Å². The Hall–Kier alpha value is -2.31. The number of piperidine rings is 1. The molecule has 1 atom stereocenters. The number of hydrogen-bond acceptors (Lipinski definition) is 4. The van der Waals surface area contributed by atoms with Gasteiger partial charge in [-0.05, 0) is 49.6 Å². The molecule has 26 heavy (non-hydrogen) atoms. The maximum atomic E-state index is 11.7. The standard InChI is InChI=1S/C18H17ClN4O2.ClH/c19-12-4-6-13(7-5-12)23-16-11-20-9-8-14(16)17(21-23)22-10-2-1-3-15(22)18(24)25;/h4-9,11,15H,1-3,10H2,(H,24,25);1H. The lowest BCUT2D eigenvalue weighted by Crippen LogP contribution is -2.45. The molecule has 1 saturated heterocycles. The molecule has 0 saturated carbocycles. The van der Waals surface area contributed by atoms with Gasteiger partial charge in [-0.3, -0.25) is 4.98 Å². The quantitative estimate of drug-likeness (QED) is 0.730. The molecule has 6 nitrogen and oxygen atoms in total. The average molecular weight is 393 g/mol. The Labute approximate surface area is 161 Å². The fraction of sp³-hybridized carbons (Fsp3) is 0.278. The van der Waals surface area contributed by atoms with Crippen molar-refractivity contribution in [2.75, 3.05) is 11.4 Å². The molecular weight excluding hydrogens is 375 g/mol. The Kier molecular flexibility index (Phi) is 5.34. The summed E-state index contributed by atoms with van der Waals surface area (Å²) in [5.41, 5.74) is 1.70. The van der Waals surface area contributed by atoms with Gasteiger partial charge in [-0.15, -0.1) is 17.5 Å². The normalized spacial score (nSPS) is 17.1. The maximum Gasteiger partial charge on any atom is 0.326 e. The fourth-order valence-corrected chi connectivity index (χ4v) is 3.51. The van der Waals surface area contributed by atoms with Crippen molar-refractivity contribution in [3.8, 4) is 5.69 Å². The maximum absolute atomic E-state index is 11.7. The van der Waals surface area contributed by atoms with Gasteiger partial charge in [0.15, 0.2) is 5.82 Å². The van der Waals surface area contributed by atoms with Crippen LogP contribution in [0.2, 0.25) is 5.02 Å². The molecule has 3 heterocycles. The number of carboxylic acid groups (broad SMARTS) is 1. The summed E-state index contributed by atoms with van der Waals surface area (Å²) in [6, 6.07) is 8.73. The Balaban J connectivity index is 0.00000196. The molecule has 0 spiro atoms. The van der Waals surface area contributed by atoms with E-state index in [0.29, 0.717) is 23.8 Å². The first-order chi connectivity index (χ1) is 12.1. The zero-order valence-corrected chi connectivity index (χ0v) is 15.5. The van der Waals surface area contributed by atoms with Crippen LogP contribution in [0.3, 0.4) is 0 Å².